The van der Waals surface area contributed by atoms with Gasteiger partial charge in [-0.15, -0.1) is 0 Å². The Bertz CT molecular complexity index is 1030. The Kier molecular flexibility index (Phi) is 3.99. The van der Waals surface area contributed by atoms with Crippen LogP contribution in [0.15, 0.2) is 60.8 Å². The molecule has 0 aliphatic carbocycles. The van der Waals surface area contributed by atoms with Crippen LogP contribution in [0.3, 0.4) is 0 Å². The zero-order valence-corrected chi connectivity index (χ0v) is 14.0. The Morgan fingerprint density at radius 2 is 1.72 bits per heavy atom. The monoisotopic (exact) mass is 347 g/mol. The molecule has 0 amide bonds. The fraction of sp³-hybridized carbons (Fsp3) is 0.0526. The van der Waals surface area contributed by atoms with E-state index in [0.29, 0.717) is 11.6 Å². The van der Waals surface area contributed by atoms with Gasteiger partial charge in [0.05, 0.1) is 16.9 Å². The van der Waals surface area contributed by atoms with E-state index in [4.69, 9.17) is 22.3 Å². The fourth-order valence-corrected chi connectivity index (χ4v) is 2.81. The molecule has 0 saturated heterocycles. The number of benzene rings is 1. The lowest BCUT2D eigenvalue weighted by atomic mass is 10.1. The summed E-state index contributed by atoms with van der Waals surface area (Å²) >= 11 is 5.86. The first kappa shape index (κ1) is 15.5. The molecule has 0 saturated carbocycles. The number of hydrogen-bond donors (Lipinski definition) is 1. The van der Waals surface area contributed by atoms with E-state index < -0.39 is 0 Å². The van der Waals surface area contributed by atoms with Crippen molar-refractivity contribution in [1.82, 2.24) is 19.9 Å². The summed E-state index contributed by atoms with van der Waals surface area (Å²) in [5.41, 5.74) is 11.0. The predicted octanol–water partition coefficient (Wildman–Crippen LogP) is 3.91. The fourth-order valence-electron chi connectivity index (χ4n) is 2.69. The number of hydrogen-bond acceptors (Lipinski definition) is 5. The van der Waals surface area contributed by atoms with Gasteiger partial charge in [0.25, 0.3) is 0 Å². The molecular formula is C19H14ClN5. The number of pyridine rings is 2. The van der Waals surface area contributed by atoms with Crippen molar-refractivity contribution in [3.05, 3.63) is 77.2 Å². The van der Waals surface area contributed by atoms with Gasteiger partial charge in [0, 0.05) is 18.2 Å². The average Bonchev–Trinajstić information content (AvgIpc) is 2.63. The third-order valence-electron chi connectivity index (χ3n) is 3.87. The maximum absolute atomic E-state index is 5.87. The molecule has 4 aromatic rings. The molecule has 0 unspecified atom stereocenters. The van der Waals surface area contributed by atoms with Crippen LogP contribution in [0, 0.1) is 0 Å². The van der Waals surface area contributed by atoms with Gasteiger partial charge in [-0.25, -0.2) is 19.9 Å². The second-order valence-corrected chi connectivity index (χ2v) is 6.01. The van der Waals surface area contributed by atoms with E-state index in [0.717, 1.165) is 33.5 Å². The Morgan fingerprint density at radius 3 is 2.48 bits per heavy atom. The summed E-state index contributed by atoms with van der Waals surface area (Å²) in [5, 5.41) is 0.449. The first-order valence-electron chi connectivity index (χ1n) is 7.78. The standard InChI is InChI=1S/C19H14ClN5/c20-17-9-6-13(11-22-17)14-7-8-15-18(23-14)16(25-19(21)24-15)10-12-4-2-1-3-5-12/h1-9,11H,10H2,(H2,21,24,25). The van der Waals surface area contributed by atoms with Gasteiger partial charge < -0.3 is 5.73 Å². The van der Waals surface area contributed by atoms with E-state index in [1.807, 2.05) is 36.4 Å². The number of rotatable bonds is 3. The Balaban J connectivity index is 1.83. The molecule has 3 heterocycles. The average molecular weight is 348 g/mol. The molecule has 2 N–H and O–H groups in total. The highest BCUT2D eigenvalue weighted by molar-refractivity contribution is 6.29. The molecule has 4 rings (SSSR count). The van der Waals surface area contributed by atoms with Crippen LogP contribution >= 0.6 is 11.6 Å². The van der Waals surface area contributed by atoms with Crippen molar-refractivity contribution in [2.24, 2.45) is 0 Å². The van der Waals surface area contributed by atoms with Crippen molar-refractivity contribution in [3.63, 3.8) is 0 Å². The minimum Gasteiger partial charge on any atom is -0.368 e. The summed E-state index contributed by atoms with van der Waals surface area (Å²) in [4.78, 5) is 17.6. The van der Waals surface area contributed by atoms with Gasteiger partial charge in [-0.2, -0.15) is 0 Å². The lowest BCUT2D eigenvalue weighted by Crippen LogP contribution is -2.03. The van der Waals surface area contributed by atoms with Gasteiger partial charge >= 0.3 is 0 Å². The highest BCUT2D eigenvalue weighted by Gasteiger charge is 2.11. The molecule has 0 aliphatic heterocycles. The van der Waals surface area contributed by atoms with Crippen molar-refractivity contribution in [2.75, 3.05) is 5.73 Å². The SMILES string of the molecule is Nc1nc(Cc2ccccc2)c2nc(-c3ccc(Cl)nc3)ccc2n1. The minimum absolute atomic E-state index is 0.251. The maximum Gasteiger partial charge on any atom is 0.220 e. The molecule has 0 aliphatic rings. The molecule has 0 atom stereocenters. The predicted molar refractivity (Wildman–Crippen MR) is 99.2 cm³/mol. The molecule has 1 aromatic carbocycles. The largest absolute Gasteiger partial charge is 0.368 e. The molecule has 3 aromatic heterocycles. The Morgan fingerprint density at radius 1 is 0.880 bits per heavy atom. The van der Waals surface area contributed by atoms with Crippen molar-refractivity contribution in [3.8, 4) is 11.3 Å². The van der Waals surface area contributed by atoms with Crippen molar-refractivity contribution in [1.29, 1.82) is 0 Å². The molecule has 6 heteroatoms. The normalized spacial score (nSPS) is 10.9. The first-order valence-corrected chi connectivity index (χ1v) is 8.16. The zero-order valence-electron chi connectivity index (χ0n) is 13.2. The number of halogens is 1. The van der Waals surface area contributed by atoms with Crippen LogP contribution < -0.4 is 5.73 Å². The van der Waals surface area contributed by atoms with Crippen LogP contribution in [0.2, 0.25) is 5.15 Å². The summed E-state index contributed by atoms with van der Waals surface area (Å²) in [6.07, 6.45) is 2.34. The van der Waals surface area contributed by atoms with Crippen LogP contribution in [0.1, 0.15) is 11.3 Å². The lowest BCUT2D eigenvalue weighted by molar-refractivity contribution is 1.06. The number of nitrogens with zero attached hydrogens (tertiary/aromatic N) is 4. The van der Waals surface area contributed by atoms with Gasteiger partial charge in [-0.3, -0.25) is 0 Å². The number of nitrogens with two attached hydrogens (primary N) is 1. The van der Waals surface area contributed by atoms with Crippen molar-refractivity contribution >= 4 is 28.6 Å². The van der Waals surface area contributed by atoms with Gasteiger partial charge in [0.1, 0.15) is 10.7 Å². The van der Waals surface area contributed by atoms with Gasteiger partial charge in [-0.05, 0) is 29.8 Å². The third kappa shape index (κ3) is 3.27. The van der Waals surface area contributed by atoms with Crippen LogP contribution in [0.4, 0.5) is 5.95 Å². The van der Waals surface area contributed by atoms with Gasteiger partial charge in [0.15, 0.2) is 0 Å². The van der Waals surface area contributed by atoms with Crippen molar-refractivity contribution < 1.29 is 0 Å². The summed E-state index contributed by atoms with van der Waals surface area (Å²) in [6.45, 7) is 0. The molecule has 0 radical (unpaired) electrons. The second-order valence-electron chi connectivity index (χ2n) is 5.62. The second kappa shape index (κ2) is 6.45. The number of aromatic nitrogens is 4. The Labute approximate surface area is 149 Å². The quantitative estimate of drug-likeness (QED) is 0.568. The van der Waals surface area contributed by atoms with Gasteiger partial charge in [-0.1, -0.05) is 41.9 Å². The molecule has 0 fully saturated rings. The van der Waals surface area contributed by atoms with Crippen LogP contribution in [-0.2, 0) is 6.42 Å². The first-order chi connectivity index (χ1) is 12.2. The molecule has 0 spiro atoms. The molecule has 122 valence electrons. The topological polar surface area (TPSA) is 77.6 Å². The number of anilines is 1. The summed E-state index contributed by atoms with van der Waals surface area (Å²) in [7, 11) is 0. The van der Waals surface area contributed by atoms with E-state index in [1.54, 1.807) is 12.3 Å². The summed E-state index contributed by atoms with van der Waals surface area (Å²) < 4.78 is 0. The molecule has 25 heavy (non-hydrogen) atoms. The third-order valence-corrected chi connectivity index (χ3v) is 4.09. The highest BCUT2D eigenvalue weighted by Crippen LogP contribution is 2.23. The number of nitrogen functional groups attached to an aromatic ring is 1. The molecule has 5 nitrogen and oxygen atoms in total. The van der Waals surface area contributed by atoms with Gasteiger partial charge in [0.2, 0.25) is 5.95 Å². The van der Waals surface area contributed by atoms with E-state index in [-0.39, 0.29) is 5.95 Å². The van der Waals surface area contributed by atoms with Crippen molar-refractivity contribution in [2.45, 2.75) is 6.42 Å². The maximum atomic E-state index is 5.87. The molecular weight excluding hydrogens is 334 g/mol. The number of fused-ring (bicyclic) bond motifs is 1. The van der Waals surface area contributed by atoms with Crippen LogP contribution in [0.25, 0.3) is 22.3 Å². The van der Waals surface area contributed by atoms with Crippen LogP contribution in [0.5, 0.6) is 0 Å². The lowest BCUT2D eigenvalue weighted by Gasteiger charge is -2.08. The van der Waals surface area contributed by atoms with E-state index in [2.05, 4.69) is 27.1 Å². The molecule has 0 bridgehead atoms. The highest BCUT2D eigenvalue weighted by atomic mass is 35.5. The zero-order chi connectivity index (χ0) is 17.2. The smallest absolute Gasteiger partial charge is 0.220 e. The van der Waals surface area contributed by atoms with Crippen LogP contribution in [-0.4, -0.2) is 19.9 Å². The minimum atomic E-state index is 0.251. The van der Waals surface area contributed by atoms with E-state index in [1.165, 1.54) is 0 Å². The summed E-state index contributed by atoms with van der Waals surface area (Å²) in [5.74, 6) is 0.251. The van der Waals surface area contributed by atoms with E-state index in [9.17, 15) is 0 Å². The Hall–Kier alpha value is -3.05. The van der Waals surface area contributed by atoms with E-state index >= 15 is 0 Å². The summed E-state index contributed by atoms with van der Waals surface area (Å²) in [6, 6.07) is 17.5.